The third-order valence-electron chi connectivity index (χ3n) is 5.11. The van der Waals surface area contributed by atoms with Crippen LogP contribution in [0.2, 0.25) is 0 Å². The molecule has 3 aromatic rings. The van der Waals surface area contributed by atoms with E-state index in [-0.39, 0.29) is 5.91 Å². The highest BCUT2D eigenvalue weighted by molar-refractivity contribution is 6.05. The molecule has 4 rings (SSSR count). The van der Waals surface area contributed by atoms with Crippen LogP contribution in [0.15, 0.2) is 66.9 Å². The van der Waals surface area contributed by atoms with Gasteiger partial charge in [0.25, 0.3) is 5.91 Å². The maximum absolute atomic E-state index is 12.8. The van der Waals surface area contributed by atoms with Crippen LogP contribution >= 0.6 is 0 Å². The zero-order chi connectivity index (χ0) is 18.8. The molecule has 0 radical (unpaired) electrons. The first-order valence-corrected chi connectivity index (χ1v) is 9.40. The molecule has 1 aliphatic rings. The predicted octanol–water partition coefficient (Wildman–Crippen LogP) is 4.98. The second kappa shape index (κ2) is 7.23. The van der Waals surface area contributed by atoms with Crippen LogP contribution in [0.5, 0.6) is 0 Å². The van der Waals surface area contributed by atoms with Crippen LogP contribution in [0, 0.1) is 0 Å². The van der Waals surface area contributed by atoms with Gasteiger partial charge < -0.3 is 10.2 Å². The summed E-state index contributed by atoms with van der Waals surface area (Å²) >= 11 is 0. The number of carbonyl (C=O) groups excluding carboxylic acids is 1. The normalized spacial score (nSPS) is 15.5. The van der Waals surface area contributed by atoms with E-state index in [1.165, 1.54) is 11.3 Å². The minimum atomic E-state index is -0.111. The Labute approximate surface area is 159 Å². The predicted molar refractivity (Wildman–Crippen MR) is 110 cm³/mol. The lowest BCUT2D eigenvalue weighted by Crippen LogP contribution is -2.25. The number of rotatable bonds is 4. The van der Waals surface area contributed by atoms with Gasteiger partial charge in [0, 0.05) is 29.2 Å². The molecule has 0 spiro atoms. The number of anilines is 3. The maximum atomic E-state index is 12.8. The molecule has 1 aliphatic heterocycles. The van der Waals surface area contributed by atoms with E-state index in [0.29, 0.717) is 11.6 Å². The van der Waals surface area contributed by atoms with Crippen molar-refractivity contribution in [2.45, 2.75) is 32.7 Å². The van der Waals surface area contributed by atoms with Gasteiger partial charge in [0.2, 0.25) is 0 Å². The van der Waals surface area contributed by atoms with Crippen molar-refractivity contribution in [1.29, 1.82) is 0 Å². The van der Waals surface area contributed by atoms with Gasteiger partial charge >= 0.3 is 0 Å². The molecule has 0 bridgehead atoms. The second-order valence-corrected chi connectivity index (χ2v) is 6.92. The molecule has 2 heterocycles. The van der Waals surface area contributed by atoms with E-state index < -0.39 is 0 Å². The first-order chi connectivity index (χ1) is 13.2. The number of carbonyl (C=O) groups is 1. The van der Waals surface area contributed by atoms with Crippen LogP contribution in [0.1, 0.15) is 35.3 Å². The summed E-state index contributed by atoms with van der Waals surface area (Å²) in [4.78, 5) is 19.6. The molecule has 1 unspecified atom stereocenters. The first kappa shape index (κ1) is 17.3. The van der Waals surface area contributed by atoms with E-state index in [1.54, 1.807) is 12.3 Å². The molecular formula is C23H23N3O. The Bertz CT molecular complexity index is 983. The topological polar surface area (TPSA) is 45.2 Å². The van der Waals surface area contributed by atoms with Crippen molar-refractivity contribution in [3.8, 4) is 0 Å². The molecule has 1 atom stereocenters. The number of hydrogen-bond acceptors (Lipinski definition) is 3. The molecule has 0 saturated heterocycles. The minimum absolute atomic E-state index is 0.111. The number of aromatic nitrogens is 1. The van der Waals surface area contributed by atoms with E-state index in [1.807, 2.05) is 36.4 Å². The fourth-order valence-corrected chi connectivity index (χ4v) is 3.75. The number of amides is 1. The van der Waals surface area contributed by atoms with Crippen LogP contribution in [-0.4, -0.2) is 16.9 Å². The van der Waals surface area contributed by atoms with Crippen molar-refractivity contribution >= 4 is 23.1 Å². The molecule has 2 aromatic carbocycles. The van der Waals surface area contributed by atoms with Crippen molar-refractivity contribution in [2.75, 3.05) is 10.2 Å². The lowest BCUT2D eigenvalue weighted by atomic mass is 10.1. The summed E-state index contributed by atoms with van der Waals surface area (Å²) in [6.07, 6.45) is 3.57. The van der Waals surface area contributed by atoms with Gasteiger partial charge in [-0.05, 0) is 55.2 Å². The number of hydrogen-bond donors (Lipinski definition) is 1. The summed E-state index contributed by atoms with van der Waals surface area (Å²) in [7, 11) is 0. The van der Waals surface area contributed by atoms with E-state index in [9.17, 15) is 4.79 Å². The third-order valence-corrected chi connectivity index (χ3v) is 5.11. The standard InChI is InChI=1S/C23H23N3O/c1-3-17-8-4-6-10-20(17)25-23(27)19-12-13-24-22(15-19)26-16(2)14-18-9-5-7-11-21(18)26/h4-13,15-16H,3,14H2,1-2H3,(H,25,27). The van der Waals surface area contributed by atoms with Crippen LogP contribution < -0.4 is 10.2 Å². The van der Waals surface area contributed by atoms with Crippen LogP contribution in [0.3, 0.4) is 0 Å². The molecule has 1 aromatic heterocycles. The van der Waals surface area contributed by atoms with Gasteiger partial charge in [-0.3, -0.25) is 4.79 Å². The average Bonchev–Trinajstić information content (AvgIpc) is 3.04. The van der Waals surface area contributed by atoms with E-state index in [0.717, 1.165) is 29.9 Å². The summed E-state index contributed by atoms with van der Waals surface area (Å²) in [5.41, 5.74) is 5.10. The van der Waals surface area contributed by atoms with Crippen LogP contribution in [-0.2, 0) is 12.8 Å². The Kier molecular flexibility index (Phi) is 4.63. The lowest BCUT2D eigenvalue weighted by molar-refractivity contribution is 0.102. The highest BCUT2D eigenvalue weighted by atomic mass is 16.1. The van der Waals surface area contributed by atoms with Gasteiger partial charge in [-0.25, -0.2) is 4.98 Å². The molecular weight excluding hydrogens is 334 g/mol. The summed E-state index contributed by atoms with van der Waals surface area (Å²) in [5.74, 6) is 0.698. The maximum Gasteiger partial charge on any atom is 0.255 e. The van der Waals surface area contributed by atoms with Crippen molar-refractivity contribution in [1.82, 2.24) is 4.98 Å². The summed E-state index contributed by atoms with van der Waals surface area (Å²) in [6.45, 7) is 4.27. The highest BCUT2D eigenvalue weighted by Gasteiger charge is 2.28. The number of nitrogens with zero attached hydrogens (tertiary/aromatic N) is 2. The van der Waals surface area contributed by atoms with Crippen molar-refractivity contribution in [2.24, 2.45) is 0 Å². The van der Waals surface area contributed by atoms with Crippen LogP contribution in [0.4, 0.5) is 17.2 Å². The quantitative estimate of drug-likeness (QED) is 0.716. The van der Waals surface area contributed by atoms with Gasteiger partial charge in [-0.2, -0.15) is 0 Å². The zero-order valence-corrected chi connectivity index (χ0v) is 15.6. The second-order valence-electron chi connectivity index (χ2n) is 6.92. The third kappa shape index (κ3) is 3.31. The molecule has 4 nitrogen and oxygen atoms in total. The van der Waals surface area contributed by atoms with Crippen molar-refractivity contribution < 1.29 is 4.79 Å². The Morgan fingerprint density at radius 2 is 1.93 bits per heavy atom. The fraction of sp³-hybridized carbons (Fsp3) is 0.217. The van der Waals surface area contributed by atoms with Gasteiger partial charge in [0.05, 0.1) is 0 Å². The minimum Gasteiger partial charge on any atom is -0.323 e. The molecule has 1 N–H and O–H groups in total. The Hall–Kier alpha value is -3.14. The molecule has 0 aliphatic carbocycles. The lowest BCUT2D eigenvalue weighted by Gasteiger charge is -2.24. The van der Waals surface area contributed by atoms with Gasteiger partial charge in [-0.15, -0.1) is 0 Å². The zero-order valence-electron chi connectivity index (χ0n) is 15.6. The number of pyridine rings is 1. The molecule has 1 amide bonds. The number of fused-ring (bicyclic) bond motifs is 1. The smallest absolute Gasteiger partial charge is 0.255 e. The van der Waals surface area contributed by atoms with Gasteiger partial charge in [0.1, 0.15) is 5.82 Å². The Balaban J connectivity index is 1.62. The van der Waals surface area contributed by atoms with E-state index >= 15 is 0 Å². The highest BCUT2D eigenvalue weighted by Crippen LogP contribution is 2.37. The van der Waals surface area contributed by atoms with Crippen molar-refractivity contribution in [3.05, 3.63) is 83.6 Å². The monoisotopic (exact) mass is 357 g/mol. The fourth-order valence-electron chi connectivity index (χ4n) is 3.75. The Morgan fingerprint density at radius 1 is 1.15 bits per heavy atom. The Morgan fingerprint density at radius 3 is 2.78 bits per heavy atom. The molecule has 0 fully saturated rings. The summed E-state index contributed by atoms with van der Waals surface area (Å²) < 4.78 is 0. The number of benzene rings is 2. The molecule has 0 saturated carbocycles. The largest absolute Gasteiger partial charge is 0.323 e. The first-order valence-electron chi connectivity index (χ1n) is 9.40. The SMILES string of the molecule is CCc1ccccc1NC(=O)c1ccnc(N2c3ccccc3CC2C)c1. The number of aryl methyl sites for hydroxylation is 1. The van der Waals surface area contributed by atoms with E-state index in [4.69, 9.17) is 0 Å². The summed E-state index contributed by atoms with van der Waals surface area (Å²) in [5, 5.41) is 3.04. The molecule has 136 valence electrons. The van der Waals surface area contributed by atoms with Gasteiger partial charge in [0.15, 0.2) is 0 Å². The average molecular weight is 357 g/mol. The number of para-hydroxylation sites is 2. The van der Waals surface area contributed by atoms with Gasteiger partial charge in [-0.1, -0.05) is 43.3 Å². The van der Waals surface area contributed by atoms with Crippen LogP contribution in [0.25, 0.3) is 0 Å². The molecule has 27 heavy (non-hydrogen) atoms. The number of nitrogens with one attached hydrogen (secondary N) is 1. The summed E-state index contributed by atoms with van der Waals surface area (Å²) in [6, 6.07) is 20.3. The van der Waals surface area contributed by atoms with Crippen molar-refractivity contribution in [3.63, 3.8) is 0 Å². The molecule has 4 heteroatoms. The van der Waals surface area contributed by atoms with E-state index in [2.05, 4.69) is 47.2 Å².